The van der Waals surface area contributed by atoms with E-state index in [4.69, 9.17) is 5.73 Å². The first-order valence-electron chi connectivity index (χ1n) is 6.65. The molecule has 1 atom stereocenters. The third-order valence-corrected chi connectivity index (χ3v) is 3.42. The number of piperidine rings is 1. The quantitative estimate of drug-likeness (QED) is 0.831. The van der Waals surface area contributed by atoms with Gasteiger partial charge in [0.2, 0.25) is 11.9 Å². The van der Waals surface area contributed by atoms with Gasteiger partial charge in [0.1, 0.15) is 5.82 Å². The molecule has 2 heterocycles. The van der Waals surface area contributed by atoms with Gasteiger partial charge >= 0.3 is 0 Å². The smallest absolute Gasteiger partial charge is 0.227 e. The Morgan fingerprint density at radius 1 is 1.33 bits per heavy atom. The first-order valence-corrected chi connectivity index (χ1v) is 6.65. The molecule has 3 N–H and O–H groups in total. The number of likely N-dealkylation sites (tertiary alicyclic amines) is 1. The third kappa shape index (κ3) is 3.29. The Labute approximate surface area is 108 Å². The summed E-state index contributed by atoms with van der Waals surface area (Å²) in [6.07, 6.45) is 3.85. The third-order valence-electron chi connectivity index (χ3n) is 3.42. The zero-order chi connectivity index (χ0) is 13.0. The molecule has 6 nitrogen and oxygen atoms in total. The number of anilines is 2. The first-order chi connectivity index (χ1) is 8.69. The van der Waals surface area contributed by atoms with Crippen LogP contribution in [0.1, 0.15) is 32.0 Å². The van der Waals surface area contributed by atoms with Crippen molar-refractivity contribution in [3.8, 4) is 0 Å². The van der Waals surface area contributed by atoms with Crippen molar-refractivity contribution in [3.63, 3.8) is 0 Å². The molecular weight excluding hydrogens is 228 g/mol. The molecule has 0 bridgehead atoms. The van der Waals surface area contributed by atoms with E-state index in [1.807, 2.05) is 6.92 Å². The Hall–Kier alpha value is -1.43. The zero-order valence-electron chi connectivity index (χ0n) is 11.2. The Morgan fingerprint density at radius 2 is 2.17 bits per heavy atom. The van der Waals surface area contributed by atoms with E-state index >= 15 is 0 Å². The number of hydrogen-bond acceptors (Lipinski definition) is 6. The number of rotatable bonds is 4. The molecule has 1 fully saturated rings. The van der Waals surface area contributed by atoms with Gasteiger partial charge in [0.25, 0.3) is 0 Å². The number of nitrogen functional groups attached to an aromatic ring is 1. The molecule has 18 heavy (non-hydrogen) atoms. The van der Waals surface area contributed by atoms with Crippen LogP contribution < -0.4 is 11.1 Å². The lowest BCUT2D eigenvalue weighted by Gasteiger charge is -2.34. The zero-order valence-corrected chi connectivity index (χ0v) is 11.2. The molecule has 0 amide bonds. The molecule has 1 saturated heterocycles. The van der Waals surface area contributed by atoms with Gasteiger partial charge in [-0.25, -0.2) is 0 Å². The van der Waals surface area contributed by atoms with E-state index in [2.05, 4.69) is 32.1 Å². The van der Waals surface area contributed by atoms with E-state index < -0.39 is 0 Å². The van der Waals surface area contributed by atoms with Crippen molar-refractivity contribution in [1.82, 2.24) is 19.9 Å². The normalized spacial score (nSPS) is 20.9. The Balaban J connectivity index is 1.93. The second-order valence-corrected chi connectivity index (χ2v) is 4.72. The van der Waals surface area contributed by atoms with Crippen LogP contribution in [0, 0.1) is 6.92 Å². The summed E-state index contributed by atoms with van der Waals surface area (Å²) >= 11 is 0. The molecule has 0 radical (unpaired) electrons. The standard InChI is InChI=1S/C12H22N6/c1-3-18-7-5-4-6-10(18)8-14-12-16-9(2)15-11(13)17-12/h10H,3-8H2,1-2H3,(H3,13,14,15,16,17). The summed E-state index contributed by atoms with van der Waals surface area (Å²) in [4.78, 5) is 14.8. The number of nitrogens with two attached hydrogens (primary N) is 1. The molecule has 1 aliphatic rings. The maximum atomic E-state index is 5.61. The van der Waals surface area contributed by atoms with Crippen molar-refractivity contribution in [2.75, 3.05) is 30.7 Å². The number of aryl methyl sites for hydroxylation is 1. The fourth-order valence-electron chi connectivity index (χ4n) is 2.50. The highest BCUT2D eigenvalue weighted by atomic mass is 15.2. The first kappa shape index (κ1) is 13.0. The predicted octanol–water partition coefficient (Wildman–Crippen LogP) is 1.05. The molecule has 1 unspecified atom stereocenters. The van der Waals surface area contributed by atoms with Crippen LogP contribution in [0.5, 0.6) is 0 Å². The predicted molar refractivity (Wildman–Crippen MR) is 72.4 cm³/mol. The highest BCUT2D eigenvalue weighted by Crippen LogP contribution is 2.16. The van der Waals surface area contributed by atoms with E-state index in [9.17, 15) is 0 Å². The van der Waals surface area contributed by atoms with Crippen LogP contribution in [-0.4, -0.2) is 45.5 Å². The Kier molecular flexibility index (Phi) is 4.30. The van der Waals surface area contributed by atoms with Gasteiger partial charge in [-0.15, -0.1) is 0 Å². The SMILES string of the molecule is CCN1CCCCC1CNc1nc(C)nc(N)n1. The summed E-state index contributed by atoms with van der Waals surface area (Å²) in [5.41, 5.74) is 5.61. The molecule has 0 saturated carbocycles. The van der Waals surface area contributed by atoms with Crippen LogP contribution in [-0.2, 0) is 0 Å². The van der Waals surface area contributed by atoms with Gasteiger partial charge < -0.3 is 11.1 Å². The molecule has 100 valence electrons. The molecular formula is C12H22N6. The maximum absolute atomic E-state index is 5.61. The van der Waals surface area contributed by atoms with Crippen molar-refractivity contribution in [2.24, 2.45) is 0 Å². The van der Waals surface area contributed by atoms with Crippen molar-refractivity contribution in [1.29, 1.82) is 0 Å². The fourth-order valence-corrected chi connectivity index (χ4v) is 2.50. The summed E-state index contributed by atoms with van der Waals surface area (Å²) in [7, 11) is 0. The molecule has 1 aromatic heterocycles. The largest absolute Gasteiger partial charge is 0.368 e. The van der Waals surface area contributed by atoms with Crippen molar-refractivity contribution >= 4 is 11.9 Å². The highest BCUT2D eigenvalue weighted by molar-refractivity contribution is 5.30. The van der Waals surface area contributed by atoms with Gasteiger partial charge in [-0.05, 0) is 32.9 Å². The van der Waals surface area contributed by atoms with Crippen LogP contribution in [0.25, 0.3) is 0 Å². The van der Waals surface area contributed by atoms with E-state index in [0.29, 0.717) is 17.8 Å². The van der Waals surface area contributed by atoms with E-state index in [-0.39, 0.29) is 5.95 Å². The summed E-state index contributed by atoms with van der Waals surface area (Å²) in [5, 5.41) is 3.28. The summed E-state index contributed by atoms with van der Waals surface area (Å²) in [6.45, 7) is 7.20. The van der Waals surface area contributed by atoms with Gasteiger partial charge in [0.15, 0.2) is 0 Å². The molecule has 6 heteroatoms. The molecule has 0 spiro atoms. The Morgan fingerprint density at radius 3 is 2.89 bits per heavy atom. The van der Waals surface area contributed by atoms with E-state index in [1.54, 1.807) is 0 Å². The average Bonchev–Trinajstić information content (AvgIpc) is 2.35. The van der Waals surface area contributed by atoms with Crippen LogP contribution in [0.3, 0.4) is 0 Å². The summed E-state index contributed by atoms with van der Waals surface area (Å²) < 4.78 is 0. The lowest BCUT2D eigenvalue weighted by molar-refractivity contribution is 0.164. The van der Waals surface area contributed by atoms with Gasteiger partial charge in [0, 0.05) is 12.6 Å². The van der Waals surface area contributed by atoms with Gasteiger partial charge in [0.05, 0.1) is 0 Å². The highest BCUT2D eigenvalue weighted by Gasteiger charge is 2.20. The van der Waals surface area contributed by atoms with Crippen LogP contribution >= 0.6 is 0 Å². The minimum absolute atomic E-state index is 0.279. The molecule has 1 aromatic rings. The Bertz CT molecular complexity index is 374. The minimum Gasteiger partial charge on any atom is -0.368 e. The number of likely N-dealkylation sites (N-methyl/N-ethyl adjacent to an activating group) is 1. The summed E-state index contributed by atoms with van der Waals surface area (Å²) in [5.74, 6) is 1.52. The lowest BCUT2D eigenvalue weighted by Crippen LogP contribution is -2.43. The van der Waals surface area contributed by atoms with Crippen molar-refractivity contribution in [2.45, 2.75) is 39.2 Å². The second kappa shape index (κ2) is 5.95. The number of hydrogen-bond donors (Lipinski definition) is 2. The van der Waals surface area contributed by atoms with E-state index in [1.165, 1.54) is 25.8 Å². The van der Waals surface area contributed by atoms with Gasteiger partial charge in [-0.2, -0.15) is 15.0 Å². The van der Waals surface area contributed by atoms with Crippen LogP contribution in [0.2, 0.25) is 0 Å². The topological polar surface area (TPSA) is 80.0 Å². The van der Waals surface area contributed by atoms with Gasteiger partial charge in [-0.1, -0.05) is 13.3 Å². The second-order valence-electron chi connectivity index (χ2n) is 4.72. The summed E-state index contributed by atoms with van der Waals surface area (Å²) in [6, 6.07) is 0.571. The fraction of sp³-hybridized carbons (Fsp3) is 0.750. The minimum atomic E-state index is 0.279. The number of aromatic nitrogens is 3. The van der Waals surface area contributed by atoms with Gasteiger partial charge in [-0.3, -0.25) is 4.90 Å². The van der Waals surface area contributed by atoms with Crippen molar-refractivity contribution in [3.05, 3.63) is 5.82 Å². The van der Waals surface area contributed by atoms with Crippen LogP contribution in [0.15, 0.2) is 0 Å². The van der Waals surface area contributed by atoms with Crippen molar-refractivity contribution < 1.29 is 0 Å². The van der Waals surface area contributed by atoms with E-state index in [0.717, 1.165) is 13.1 Å². The number of nitrogens with zero attached hydrogens (tertiary/aromatic N) is 4. The number of nitrogens with one attached hydrogen (secondary N) is 1. The average molecular weight is 250 g/mol. The van der Waals surface area contributed by atoms with Crippen LogP contribution in [0.4, 0.5) is 11.9 Å². The molecule has 0 aliphatic carbocycles. The molecule has 0 aromatic carbocycles. The monoisotopic (exact) mass is 250 g/mol. The maximum Gasteiger partial charge on any atom is 0.227 e. The molecule has 2 rings (SSSR count). The molecule has 1 aliphatic heterocycles. The lowest BCUT2D eigenvalue weighted by atomic mass is 10.0.